The van der Waals surface area contributed by atoms with Crippen molar-refractivity contribution in [1.29, 1.82) is 0 Å². The van der Waals surface area contributed by atoms with Crippen molar-refractivity contribution in [3.05, 3.63) is 41.2 Å². The molecule has 0 bridgehead atoms. The van der Waals surface area contributed by atoms with E-state index >= 15 is 0 Å². The fraction of sp³-hybridized carbons (Fsp3) is 0.286. The number of rotatable bonds is 4. The predicted octanol–water partition coefficient (Wildman–Crippen LogP) is 2.76. The lowest BCUT2D eigenvalue weighted by molar-refractivity contribution is 0.234. The number of amides is 2. The van der Waals surface area contributed by atoms with Gasteiger partial charge in [0.25, 0.3) is 0 Å². The van der Waals surface area contributed by atoms with Crippen molar-refractivity contribution in [2.45, 2.75) is 20.8 Å². The summed E-state index contributed by atoms with van der Waals surface area (Å²) in [5.74, 6) is 1.71. The molecule has 2 amide bonds. The Labute approximate surface area is 117 Å². The zero-order valence-electron chi connectivity index (χ0n) is 11.7. The smallest absolute Gasteiger partial charge is 0.323 e. The molecule has 0 aliphatic carbocycles. The van der Waals surface area contributed by atoms with E-state index in [9.17, 15) is 4.79 Å². The van der Waals surface area contributed by atoms with Crippen molar-refractivity contribution < 1.29 is 14.1 Å². The third-order valence-electron chi connectivity index (χ3n) is 2.82. The van der Waals surface area contributed by atoms with Gasteiger partial charge < -0.3 is 14.6 Å². The van der Waals surface area contributed by atoms with Crippen LogP contribution in [0.25, 0.3) is 0 Å². The molecule has 0 aliphatic rings. The van der Waals surface area contributed by atoms with Gasteiger partial charge in [-0.05, 0) is 44.0 Å². The molecular formula is C14H17N3O3. The number of anilines is 1. The summed E-state index contributed by atoms with van der Waals surface area (Å²) in [6.45, 7) is 5.87. The van der Waals surface area contributed by atoms with Gasteiger partial charge in [0, 0.05) is 6.07 Å². The Kier molecular flexibility index (Phi) is 4.24. The van der Waals surface area contributed by atoms with E-state index in [4.69, 9.17) is 9.26 Å². The van der Waals surface area contributed by atoms with Crippen LogP contribution in [0.2, 0.25) is 0 Å². The largest absolute Gasteiger partial charge is 0.473 e. The number of hydrogen-bond acceptors (Lipinski definition) is 4. The molecule has 6 nitrogen and oxygen atoms in total. The standard InChI is InChI=1S/C14H17N3O3/c1-9-4-5-12(6-10(9)2)19-8-15-14(18)16-13-7-11(3)20-17-13/h4-7H,8H2,1-3H3,(H2,15,16,17,18). The average Bonchev–Trinajstić information content (AvgIpc) is 2.79. The van der Waals surface area contributed by atoms with Gasteiger partial charge in [-0.1, -0.05) is 11.2 Å². The summed E-state index contributed by atoms with van der Waals surface area (Å²) in [4.78, 5) is 11.5. The molecule has 0 unspecified atom stereocenters. The Hall–Kier alpha value is -2.50. The van der Waals surface area contributed by atoms with Crippen molar-refractivity contribution >= 4 is 11.8 Å². The molecule has 1 aromatic heterocycles. The van der Waals surface area contributed by atoms with Gasteiger partial charge in [0.1, 0.15) is 11.5 Å². The highest BCUT2D eigenvalue weighted by atomic mass is 16.5. The zero-order valence-corrected chi connectivity index (χ0v) is 11.7. The topological polar surface area (TPSA) is 76.4 Å². The lowest BCUT2D eigenvalue weighted by atomic mass is 10.1. The molecule has 0 radical (unpaired) electrons. The summed E-state index contributed by atoms with van der Waals surface area (Å²) in [6, 6.07) is 6.99. The number of hydrogen-bond donors (Lipinski definition) is 2. The Balaban J connectivity index is 1.77. The van der Waals surface area contributed by atoms with Crippen LogP contribution in [0.5, 0.6) is 5.75 Å². The van der Waals surface area contributed by atoms with Crippen molar-refractivity contribution in [1.82, 2.24) is 10.5 Å². The maximum Gasteiger partial charge on any atom is 0.323 e. The molecule has 0 spiro atoms. The molecule has 0 fully saturated rings. The number of aryl methyl sites for hydroxylation is 3. The van der Waals surface area contributed by atoms with Gasteiger partial charge >= 0.3 is 6.03 Å². The van der Waals surface area contributed by atoms with Crippen molar-refractivity contribution in [3.8, 4) is 5.75 Å². The first-order chi connectivity index (χ1) is 9.54. The Morgan fingerprint density at radius 3 is 2.70 bits per heavy atom. The summed E-state index contributed by atoms with van der Waals surface area (Å²) in [5, 5.41) is 8.76. The number of urea groups is 1. The molecule has 0 atom stereocenters. The highest BCUT2D eigenvalue weighted by Gasteiger charge is 2.05. The van der Waals surface area contributed by atoms with Gasteiger partial charge in [-0.15, -0.1) is 0 Å². The molecule has 2 N–H and O–H groups in total. The highest BCUT2D eigenvalue weighted by Crippen LogP contribution is 2.15. The van der Waals surface area contributed by atoms with Crippen LogP contribution in [-0.4, -0.2) is 17.9 Å². The number of ether oxygens (including phenoxy) is 1. The summed E-state index contributed by atoms with van der Waals surface area (Å²) >= 11 is 0. The summed E-state index contributed by atoms with van der Waals surface area (Å²) in [6.07, 6.45) is 0. The Morgan fingerprint density at radius 2 is 2.05 bits per heavy atom. The highest BCUT2D eigenvalue weighted by molar-refractivity contribution is 5.87. The minimum Gasteiger partial charge on any atom is -0.473 e. The van der Waals surface area contributed by atoms with Gasteiger partial charge in [0.2, 0.25) is 0 Å². The van der Waals surface area contributed by atoms with Gasteiger partial charge in [-0.2, -0.15) is 0 Å². The number of carbonyl (C=O) groups is 1. The number of nitrogens with one attached hydrogen (secondary N) is 2. The first kappa shape index (κ1) is 13.9. The first-order valence-electron chi connectivity index (χ1n) is 6.23. The van der Waals surface area contributed by atoms with E-state index in [1.54, 1.807) is 13.0 Å². The summed E-state index contributed by atoms with van der Waals surface area (Å²) in [7, 11) is 0. The monoisotopic (exact) mass is 275 g/mol. The fourth-order valence-electron chi connectivity index (χ4n) is 1.57. The molecule has 0 saturated heterocycles. The molecule has 106 valence electrons. The number of nitrogens with zero attached hydrogens (tertiary/aromatic N) is 1. The molecule has 2 aromatic rings. The SMILES string of the molecule is Cc1cc(NC(=O)NCOc2ccc(C)c(C)c2)no1. The molecule has 2 rings (SSSR count). The zero-order chi connectivity index (χ0) is 14.5. The van der Waals surface area contributed by atoms with Crippen LogP contribution in [0.15, 0.2) is 28.8 Å². The third kappa shape index (κ3) is 3.74. The molecule has 6 heteroatoms. The van der Waals surface area contributed by atoms with Crippen LogP contribution in [0, 0.1) is 20.8 Å². The van der Waals surface area contributed by atoms with Crippen LogP contribution in [0.4, 0.5) is 10.6 Å². The van der Waals surface area contributed by atoms with E-state index in [1.807, 2.05) is 32.0 Å². The lowest BCUT2D eigenvalue weighted by Crippen LogP contribution is -2.32. The van der Waals surface area contributed by atoms with Crippen LogP contribution in [0.3, 0.4) is 0 Å². The minimum atomic E-state index is -0.401. The number of aromatic nitrogens is 1. The maximum absolute atomic E-state index is 11.5. The summed E-state index contributed by atoms with van der Waals surface area (Å²) in [5.41, 5.74) is 2.34. The normalized spacial score (nSPS) is 10.2. The fourth-order valence-corrected chi connectivity index (χ4v) is 1.57. The molecule has 20 heavy (non-hydrogen) atoms. The second kappa shape index (κ2) is 6.10. The maximum atomic E-state index is 11.5. The predicted molar refractivity (Wildman–Crippen MR) is 74.8 cm³/mol. The quantitative estimate of drug-likeness (QED) is 0.841. The molecule has 0 aliphatic heterocycles. The van der Waals surface area contributed by atoms with E-state index in [1.165, 1.54) is 5.56 Å². The first-order valence-corrected chi connectivity index (χ1v) is 6.23. The lowest BCUT2D eigenvalue weighted by Gasteiger charge is -2.09. The van der Waals surface area contributed by atoms with Crippen LogP contribution < -0.4 is 15.4 Å². The molecule has 1 aromatic carbocycles. The summed E-state index contributed by atoms with van der Waals surface area (Å²) < 4.78 is 10.3. The van der Waals surface area contributed by atoms with Crippen molar-refractivity contribution in [2.24, 2.45) is 0 Å². The molecular weight excluding hydrogens is 258 g/mol. The number of benzene rings is 1. The molecule has 1 heterocycles. The van der Waals surface area contributed by atoms with Gasteiger partial charge in [0.05, 0.1) is 0 Å². The number of carbonyl (C=O) groups excluding carboxylic acids is 1. The van der Waals surface area contributed by atoms with Gasteiger partial charge in [-0.3, -0.25) is 5.32 Å². The second-order valence-corrected chi connectivity index (χ2v) is 4.49. The van der Waals surface area contributed by atoms with E-state index in [-0.39, 0.29) is 6.73 Å². The van der Waals surface area contributed by atoms with E-state index in [0.717, 1.165) is 5.56 Å². The van der Waals surface area contributed by atoms with E-state index in [0.29, 0.717) is 17.3 Å². The minimum absolute atomic E-state index is 0.0746. The van der Waals surface area contributed by atoms with Gasteiger partial charge in [0.15, 0.2) is 12.5 Å². The van der Waals surface area contributed by atoms with E-state index in [2.05, 4.69) is 15.8 Å². The Morgan fingerprint density at radius 1 is 1.25 bits per heavy atom. The van der Waals surface area contributed by atoms with Crippen LogP contribution >= 0.6 is 0 Å². The van der Waals surface area contributed by atoms with E-state index < -0.39 is 6.03 Å². The second-order valence-electron chi connectivity index (χ2n) is 4.49. The van der Waals surface area contributed by atoms with Crippen molar-refractivity contribution in [3.63, 3.8) is 0 Å². The van der Waals surface area contributed by atoms with Crippen LogP contribution in [0.1, 0.15) is 16.9 Å². The van der Waals surface area contributed by atoms with Crippen LogP contribution in [-0.2, 0) is 0 Å². The third-order valence-corrected chi connectivity index (χ3v) is 2.82. The average molecular weight is 275 g/mol. The Bertz CT molecular complexity index is 607. The van der Waals surface area contributed by atoms with Gasteiger partial charge in [-0.25, -0.2) is 4.79 Å². The molecule has 0 saturated carbocycles. The van der Waals surface area contributed by atoms with Crippen molar-refractivity contribution in [2.75, 3.05) is 12.0 Å².